The second kappa shape index (κ2) is 7.80. The first-order valence-electron chi connectivity index (χ1n) is 8.20. The Morgan fingerprint density at radius 1 is 1.15 bits per heavy atom. The van der Waals surface area contributed by atoms with E-state index in [0.29, 0.717) is 12.1 Å². The maximum atomic E-state index is 3.55. The number of rotatable bonds is 6. The summed E-state index contributed by atoms with van der Waals surface area (Å²) in [5, 5.41) is 3.55. The quantitative estimate of drug-likeness (QED) is 0.847. The monoisotopic (exact) mass is 274 g/mol. The number of piperazine rings is 1. The van der Waals surface area contributed by atoms with Gasteiger partial charge in [-0.1, -0.05) is 57.0 Å². The van der Waals surface area contributed by atoms with E-state index in [2.05, 4.69) is 61.3 Å². The third-order valence-electron chi connectivity index (χ3n) is 4.44. The molecule has 0 spiro atoms. The number of hydrogen-bond acceptors (Lipinski definition) is 2. The van der Waals surface area contributed by atoms with E-state index in [1.807, 2.05) is 0 Å². The fourth-order valence-electron chi connectivity index (χ4n) is 3.22. The van der Waals surface area contributed by atoms with Crippen LogP contribution in [0.5, 0.6) is 0 Å². The third kappa shape index (κ3) is 4.32. The average molecular weight is 274 g/mol. The van der Waals surface area contributed by atoms with Crippen molar-refractivity contribution < 1.29 is 0 Å². The van der Waals surface area contributed by atoms with E-state index >= 15 is 0 Å². The summed E-state index contributed by atoms with van der Waals surface area (Å²) in [5.41, 5.74) is 1.45. The van der Waals surface area contributed by atoms with Gasteiger partial charge in [0, 0.05) is 31.7 Å². The Morgan fingerprint density at radius 2 is 1.90 bits per heavy atom. The molecule has 1 fully saturated rings. The van der Waals surface area contributed by atoms with Crippen molar-refractivity contribution in [3.05, 3.63) is 35.9 Å². The lowest BCUT2D eigenvalue weighted by Crippen LogP contribution is -2.49. The lowest BCUT2D eigenvalue weighted by atomic mass is 9.98. The van der Waals surface area contributed by atoms with E-state index in [1.54, 1.807) is 0 Å². The predicted molar refractivity (Wildman–Crippen MR) is 86.9 cm³/mol. The zero-order valence-corrected chi connectivity index (χ0v) is 13.3. The average Bonchev–Trinajstić information content (AvgIpc) is 2.47. The summed E-state index contributed by atoms with van der Waals surface area (Å²) >= 11 is 0. The van der Waals surface area contributed by atoms with Crippen LogP contribution in [0.25, 0.3) is 0 Å². The van der Waals surface area contributed by atoms with Gasteiger partial charge in [-0.25, -0.2) is 0 Å². The van der Waals surface area contributed by atoms with Crippen molar-refractivity contribution >= 4 is 0 Å². The summed E-state index contributed by atoms with van der Waals surface area (Å²) < 4.78 is 0. The lowest BCUT2D eigenvalue weighted by Gasteiger charge is -2.40. The third-order valence-corrected chi connectivity index (χ3v) is 4.44. The van der Waals surface area contributed by atoms with Gasteiger partial charge in [-0.05, 0) is 24.8 Å². The molecule has 2 heteroatoms. The highest BCUT2D eigenvalue weighted by Gasteiger charge is 2.27. The van der Waals surface area contributed by atoms with Gasteiger partial charge in [0.15, 0.2) is 0 Å². The Labute approximate surface area is 124 Å². The summed E-state index contributed by atoms with van der Waals surface area (Å²) in [6.07, 6.45) is 4.03. The van der Waals surface area contributed by atoms with E-state index in [9.17, 15) is 0 Å². The van der Waals surface area contributed by atoms with Crippen molar-refractivity contribution in [3.63, 3.8) is 0 Å². The molecule has 1 N–H and O–H groups in total. The van der Waals surface area contributed by atoms with Gasteiger partial charge in [-0.15, -0.1) is 0 Å². The molecular formula is C18H30N2. The van der Waals surface area contributed by atoms with Gasteiger partial charge in [0.05, 0.1) is 0 Å². The van der Waals surface area contributed by atoms with E-state index in [0.717, 1.165) is 19.0 Å². The number of nitrogens with one attached hydrogen (secondary N) is 1. The molecule has 0 aliphatic carbocycles. The van der Waals surface area contributed by atoms with Gasteiger partial charge in [-0.2, -0.15) is 0 Å². The van der Waals surface area contributed by atoms with Gasteiger partial charge < -0.3 is 5.32 Å². The van der Waals surface area contributed by atoms with Crippen LogP contribution in [0, 0.1) is 5.92 Å². The predicted octanol–water partition coefficient (Wildman–Crippen LogP) is 3.85. The van der Waals surface area contributed by atoms with Crippen LogP contribution >= 0.6 is 0 Å². The normalized spacial score (nSPS) is 22.1. The fourth-order valence-corrected chi connectivity index (χ4v) is 3.22. The Kier molecular flexibility index (Phi) is 6.06. The Morgan fingerprint density at radius 3 is 2.60 bits per heavy atom. The minimum absolute atomic E-state index is 0.541. The Hall–Kier alpha value is -0.860. The second-order valence-electron chi connectivity index (χ2n) is 6.54. The molecule has 0 bridgehead atoms. The smallest absolute Gasteiger partial charge is 0.0476 e. The minimum Gasteiger partial charge on any atom is -0.314 e. The highest BCUT2D eigenvalue weighted by atomic mass is 15.2. The largest absolute Gasteiger partial charge is 0.314 e. The van der Waals surface area contributed by atoms with Crippen molar-refractivity contribution in [2.75, 3.05) is 19.6 Å². The van der Waals surface area contributed by atoms with Gasteiger partial charge in [0.1, 0.15) is 0 Å². The first kappa shape index (κ1) is 15.5. The Bertz CT molecular complexity index is 374. The summed E-state index contributed by atoms with van der Waals surface area (Å²) in [6, 6.07) is 12.2. The molecule has 2 nitrogen and oxygen atoms in total. The highest BCUT2D eigenvalue weighted by Crippen LogP contribution is 2.26. The number of nitrogens with zero attached hydrogens (tertiary/aromatic N) is 1. The molecule has 1 heterocycles. The van der Waals surface area contributed by atoms with E-state index in [-0.39, 0.29) is 0 Å². The molecule has 0 amide bonds. The fraction of sp³-hybridized carbons (Fsp3) is 0.667. The van der Waals surface area contributed by atoms with E-state index in [4.69, 9.17) is 0 Å². The van der Waals surface area contributed by atoms with Gasteiger partial charge >= 0.3 is 0 Å². The zero-order valence-electron chi connectivity index (χ0n) is 13.3. The van der Waals surface area contributed by atoms with Crippen molar-refractivity contribution in [2.45, 2.75) is 52.1 Å². The molecule has 1 aromatic carbocycles. The van der Waals surface area contributed by atoms with Crippen LogP contribution in [0.2, 0.25) is 0 Å². The molecule has 1 aromatic rings. The topological polar surface area (TPSA) is 15.3 Å². The maximum Gasteiger partial charge on any atom is 0.0476 e. The van der Waals surface area contributed by atoms with Crippen LogP contribution in [0.1, 0.15) is 51.6 Å². The minimum atomic E-state index is 0.541. The number of hydrogen-bond donors (Lipinski definition) is 1. The second-order valence-corrected chi connectivity index (χ2v) is 6.54. The molecule has 2 atom stereocenters. The van der Waals surface area contributed by atoms with Gasteiger partial charge in [-0.3, -0.25) is 4.90 Å². The Balaban J connectivity index is 1.96. The summed E-state index contributed by atoms with van der Waals surface area (Å²) in [7, 11) is 0. The highest BCUT2D eigenvalue weighted by molar-refractivity contribution is 5.20. The molecule has 1 saturated heterocycles. The SMILES string of the molecule is CC(C)CCCC(C)N1CCNCC1c1ccccc1. The van der Waals surface area contributed by atoms with Crippen molar-refractivity contribution in [1.82, 2.24) is 10.2 Å². The van der Waals surface area contributed by atoms with E-state index in [1.165, 1.54) is 31.4 Å². The first-order valence-corrected chi connectivity index (χ1v) is 8.20. The van der Waals surface area contributed by atoms with Crippen LogP contribution in [-0.2, 0) is 0 Å². The summed E-state index contributed by atoms with van der Waals surface area (Å²) in [4.78, 5) is 2.70. The summed E-state index contributed by atoms with van der Waals surface area (Å²) in [5.74, 6) is 0.829. The van der Waals surface area contributed by atoms with Crippen LogP contribution < -0.4 is 5.32 Å². The summed E-state index contributed by atoms with van der Waals surface area (Å²) in [6.45, 7) is 10.4. The molecule has 20 heavy (non-hydrogen) atoms. The standard InChI is InChI=1S/C18H30N2/c1-15(2)8-7-9-16(3)20-13-12-19-14-18(20)17-10-5-4-6-11-17/h4-6,10-11,15-16,18-19H,7-9,12-14H2,1-3H3. The van der Waals surface area contributed by atoms with Crippen molar-refractivity contribution in [2.24, 2.45) is 5.92 Å². The molecule has 1 aliphatic heterocycles. The van der Waals surface area contributed by atoms with Gasteiger partial charge in [0.25, 0.3) is 0 Å². The molecular weight excluding hydrogens is 244 g/mol. The van der Waals surface area contributed by atoms with Crippen LogP contribution in [0.4, 0.5) is 0 Å². The molecule has 1 aliphatic rings. The number of benzene rings is 1. The lowest BCUT2D eigenvalue weighted by molar-refractivity contribution is 0.107. The van der Waals surface area contributed by atoms with Crippen LogP contribution in [0.15, 0.2) is 30.3 Å². The molecule has 2 unspecified atom stereocenters. The molecule has 0 radical (unpaired) electrons. The van der Waals surface area contributed by atoms with Crippen LogP contribution in [-0.4, -0.2) is 30.6 Å². The zero-order chi connectivity index (χ0) is 14.4. The van der Waals surface area contributed by atoms with Crippen molar-refractivity contribution in [1.29, 1.82) is 0 Å². The molecule has 2 rings (SSSR count). The van der Waals surface area contributed by atoms with Crippen molar-refractivity contribution in [3.8, 4) is 0 Å². The van der Waals surface area contributed by atoms with E-state index < -0.39 is 0 Å². The van der Waals surface area contributed by atoms with Gasteiger partial charge in [0.2, 0.25) is 0 Å². The molecule has 0 aromatic heterocycles. The molecule has 112 valence electrons. The maximum absolute atomic E-state index is 3.55. The molecule has 0 saturated carbocycles. The van der Waals surface area contributed by atoms with Crippen LogP contribution in [0.3, 0.4) is 0 Å². The first-order chi connectivity index (χ1) is 9.68.